The number of fused-ring (bicyclic) bond motifs is 2. The van der Waals surface area contributed by atoms with E-state index in [0.29, 0.717) is 5.39 Å². The number of phenolic OH excluding ortho intramolecular Hbond substituents is 1. The summed E-state index contributed by atoms with van der Waals surface area (Å²) in [4.78, 5) is 16.7. The van der Waals surface area contributed by atoms with Gasteiger partial charge in [0.05, 0.1) is 10.5 Å². The van der Waals surface area contributed by atoms with Crippen LogP contribution in [0.3, 0.4) is 0 Å². The molecule has 0 heterocycles. The zero-order valence-corrected chi connectivity index (χ0v) is 17.8. The third-order valence-electron chi connectivity index (χ3n) is 5.04. The minimum atomic E-state index is -4.07. The number of nitrogens with one attached hydrogen (secondary N) is 2. The highest BCUT2D eigenvalue weighted by atomic mass is 32.2. The highest BCUT2D eigenvalue weighted by Crippen LogP contribution is 2.30. The number of hydrogen-bond acceptors (Lipinski definition) is 5. The molecule has 0 spiro atoms. The number of hydrazine groups is 1. The van der Waals surface area contributed by atoms with Crippen molar-refractivity contribution in [1.29, 1.82) is 0 Å². The first-order valence-electron chi connectivity index (χ1n) is 9.51. The Labute approximate surface area is 179 Å². The smallest absolute Gasteiger partial charge is 0.270 e. The fourth-order valence-corrected chi connectivity index (χ4v) is 4.60. The van der Waals surface area contributed by atoms with Gasteiger partial charge in [-0.05, 0) is 35.0 Å². The standard InChI is InChI=1S/C23H21N3O4S/c1-26(2)20-11-5-10-18-17(20)9-6-12-22(18)31(29,30)25-24-23(28)19-13-15-7-3-4-8-16(15)14-21(19)27/h3-14,25,27H,1-2H3,(H,24,28). The molecule has 8 heteroatoms. The number of carbonyl (C=O) groups is 1. The van der Waals surface area contributed by atoms with Gasteiger partial charge in [-0.2, -0.15) is 0 Å². The Morgan fingerprint density at radius 1 is 0.871 bits per heavy atom. The Morgan fingerprint density at radius 3 is 2.23 bits per heavy atom. The number of carbonyl (C=O) groups excluding carboxylic acids is 1. The van der Waals surface area contributed by atoms with Gasteiger partial charge in [0.2, 0.25) is 0 Å². The number of sulfonamides is 1. The van der Waals surface area contributed by atoms with Crippen molar-refractivity contribution in [3.05, 3.63) is 78.4 Å². The van der Waals surface area contributed by atoms with Crippen LogP contribution in [0.25, 0.3) is 21.5 Å². The molecule has 0 aliphatic rings. The molecule has 0 aromatic heterocycles. The molecule has 0 fully saturated rings. The van der Waals surface area contributed by atoms with Gasteiger partial charge in [-0.15, -0.1) is 4.83 Å². The van der Waals surface area contributed by atoms with Gasteiger partial charge in [0.25, 0.3) is 15.9 Å². The second kappa shape index (κ2) is 7.90. The predicted octanol–water partition coefficient (Wildman–Crippen LogP) is 3.39. The number of aromatic hydroxyl groups is 1. The van der Waals surface area contributed by atoms with Crippen LogP contribution >= 0.6 is 0 Å². The van der Waals surface area contributed by atoms with Crippen molar-refractivity contribution < 1.29 is 18.3 Å². The molecule has 4 aromatic rings. The van der Waals surface area contributed by atoms with E-state index in [9.17, 15) is 18.3 Å². The van der Waals surface area contributed by atoms with Crippen molar-refractivity contribution >= 4 is 43.2 Å². The summed E-state index contributed by atoms with van der Waals surface area (Å²) in [5.41, 5.74) is 3.04. The molecule has 31 heavy (non-hydrogen) atoms. The van der Waals surface area contributed by atoms with Crippen molar-refractivity contribution in [2.45, 2.75) is 4.90 Å². The topological polar surface area (TPSA) is 98.7 Å². The molecule has 0 radical (unpaired) electrons. The number of amides is 1. The quantitative estimate of drug-likeness (QED) is 0.418. The first kappa shape index (κ1) is 20.6. The molecule has 0 saturated carbocycles. The number of anilines is 1. The van der Waals surface area contributed by atoms with Crippen LogP contribution in [0.4, 0.5) is 5.69 Å². The number of hydrogen-bond donors (Lipinski definition) is 3. The molecule has 3 N–H and O–H groups in total. The van der Waals surface area contributed by atoms with Gasteiger partial charge in [0.1, 0.15) is 5.75 Å². The maximum Gasteiger partial charge on any atom is 0.270 e. The van der Waals surface area contributed by atoms with Crippen molar-refractivity contribution in [3.63, 3.8) is 0 Å². The summed E-state index contributed by atoms with van der Waals surface area (Å²) >= 11 is 0. The average Bonchev–Trinajstić information content (AvgIpc) is 2.76. The lowest BCUT2D eigenvalue weighted by molar-refractivity contribution is 0.0942. The molecule has 0 unspecified atom stereocenters. The molecule has 0 aliphatic heterocycles. The van der Waals surface area contributed by atoms with E-state index in [2.05, 4.69) is 10.3 Å². The number of nitrogens with zero attached hydrogens (tertiary/aromatic N) is 1. The van der Waals surface area contributed by atoms with Crippen LogP contribution in [0.5, 0.6) is 5.75 Å². The first-order valence-corrected chi connectivity index (χ1v) is 11.0. The summed E-state index contributed by atoms with van der Waals surface area (Å²) in [6.45, 7) is 0. The Morgan fingerprint density at radius 2 is 1.52 bits per heavy atom. The lowest BCUT2D eigenvalue weighted by Gasteiger charge is -2.17. The predicted molar refractivity (Wildman–Crippen MR) is 122 cm³/mol. The lowest BCUT2D eigenvalue weighted by Crippen LogP contribution is -2.41. The maximum atomic E-state index is 13.0. The van der Waals surface area contributed by atoms with Gasteiger partial charge in [0.15, 0.2) is 0 Å². The lowest BCUT2D eigenvalue weighted by atomic mass is 10.1. The number of phenols is 1. The molecule has 4 rings (SSSR count). The van der Waals surface area contributed by atoms with Crippen LogP contribution in [-0.2, 0) is 10.0 Å². The fraction of sp³-hybridized carbons (Fsp3) is 0.0870. The maximum absolute atomic E-state index is 13.0. The van der Waals surface area contributed by atoms with Crippen molar-refractivity contribution in [2.75, 3.05) is 19.0 Å². The SMILES string of the molecule is CN(C)c1cccc2c(S(=O)(=O)NNC(=O)c3cc4ccccc4cc3O)cccc12. The summed E-state index contributed by atoms with van der Waals surface area (Å²) in [5, 5.41) is 13.0. The second-order valence-corrected chi connectivity index (χ2v) is 8.95. The zero-order valence-electron chi connectivity index (χ0n) is 17.0. The van der Waals surface area contributed by atoms with Crippen molar-refractivity contribution in [3.8, 4) is 5.75 Å². The largest absolute Gasteiger partial charge is 0.507 e. The normalized spacial score (nSPS) is 11.5. The van der Waals surface area contributed by atoms with E-state index in [0.717, 1.165) is 21.8 Å². The molecule has 0 aliphatic carbocycles. The molecule has 0 saturated heterocycles. The van der Waals surface area contributed by atoms with Gasteiger partial charge in [-0.1, -0.05) is 48.5 Å². The van der Waals surface area contributed by atoms with E-state index in [1.165, 1.54) is 18.2 Å². The number of benzene rings is 4. The van der Waals surface area contributed by atoms with E-state index in [4.69, 9.17) is 0 Å². The molecule has 158 valence electrons. The van der Waals surface area contributed by atoms with Crippen LogP contribution in [0.2, 0.25) is 0 Å². The van der Waals surface area contributed by atoms with Gasteiger partial charge in [-0.3, -0.25) is 10.2 Å². The molecule has 0 atom stereocenters. The van der Waals surface area contributed by atoms with E-state index < -0.39 is 15.9 Å². The Balaban J connectivity index is 1.64. The molecular weight excluding hydrogens is 414 g/mol. The summed E-state index contributed by atoms with van der Waals surface area (Å²) < 4.78 is 25.9. The van der Waals surface area contributed by atoms with Crippen molar-refractivity contribution in [1.82, 2.24) is 10.3 Å². The van der Waals surface area contributed by atoms with E-state index >= 15 is 0 Å². The highest BCUT2D eigenvalue weighted by molar-refractivity contribution is 7.89. The third-order valence-corrected chi connectivity index (χ3v) is 6.34. The Bertz CT molecular complexity index is 1420. The van der Waals surface area contributed by atoms with Gasteiger partial charge in [0, 0.05) is 30.6 Å². The molecule has 0 bridgehead atoms. The van der Waals surface area contributed by atoms with Crippen LogP contribution < -0.4 is 15.2 Å². The monoisotopic (exact) mass is 435 g/mol. The van der Waals surface area contributed by atoms with Crippen LogP contribution in [-0.4, -0.2) is 33.5 Å². The summed E-state index contributed by atoms with van der Waals surface area (Å²) in [7, 11) is -0.311. The van der Waals surface area contributed by atoms with Crippen LogP contribution in [0.15, 0.2) is 77.7 Å². The van der Waals surface area contributed by atoms with Crippen LogP contribution in [0, 0.1) is 0 Å². The second-order valence-electron chi connectivity index (χ2n) is 7.30. The molecule has 4 aromatic carbocycles. The molecular formula is C23H21N3O4S. The molecule has 7 nitrogen and oxygen atoms in total. The zero-order chi connectivity index (χ0) is 22.2. The Kier molecular flexibility index (Phi) is 5.26. The average molecular weight is 436 g/mol. The van der Waals surface area contributed by atoms with E-state index in [1.54, 1.807) is 24.3 Å². The van der Waals surface area contributed by atoms with Gasteiger partial charge in [-0.25, -0.2) is 8.42 Å². The summed E-state index contributed by atoms with van der Waals surface area (Å²) in [5.74, 6) is -1.00. The minimum absolute atomic E-state index is 0.0331. The summed E-state index contributed by atoms with van der Waals surface area (Å²) in [6.07, 6.45) is 0. The summed E-state index contributed by atoms with van der Waals surface area (Å²) in [6, 6.07) is 20.6. The van der Waals surface area contributed by atoms with Gasteiger partial charge >= 0.3 is 0 Å². The van der Waals surface area contributed by atoms with Gasteiger partial charge < -0.3 is 10.0 Å². The fourth-order valence-electron chi connectivity index (χ4n) is 3.53. The molecule has 1 amide bonds. The first-order chi connectivity index (χ1) is 14.8. The Hall–Kier alpha value is -3.62. The van der Waals surface area contributed by atoms with Crippen LogP contribution in [0.1, 0.15) is 10.4 Å². The third kappa shape index (κ3) is 3.90. The van der Waals surface area contributed by atoms with E-state index in [1.807, 2.05) is 49.3 Å². The minimum Gasteiger partial charge on any atom is -0.507 e. The number of rotatable bonds is 5. The highest BCUT2D eigenvalue weighted by Gasteiger charge is 2.21. The van der Waals surface area contributed by atoms with Crippen molar-refractivity contribution in [2.24, 2.45) is 0 Å². The van der Waals surface area contributed by atoms with E-state index in [-0.39, 0.29) is 16.2 Å².